The molecule has 2 bridgehead atoms. The third kappa shape index (κ3) is 2.54. The molecule has 0 unspecified atom stereocenters. The van der Waals surface area contributed by atoms with Crippen LogP contribution in [0.3, 0.4) is 0 Å². The molecule has 0 amide bonds. The van der Waals surface area contributed by atoms with Gasteiger partial charge in [-0.25, -0.2) is 0 Å². The molecule has 146 valence electrons. The molecule has 0 aromatic heterocycles. The van der Waals surface area contributed by atoms with E-state index in [0.29, 0.717) is 24.4 Å². The number of carboxylic acid groups (broad SMARTS) is 1. The summed E-state index contributed by atoms with van der Waals surface area (Å²) >= 11 is 0. The van der Waals surface area contributed by atoms with Crippen LogP contribution in [0.25, 0.3) is 0 Å². The first-order valence-corrected chi connectivity index (χ1v) is 10.6. The van der Waals surface area contributed by atoms with E-state index < -0.39 is 5.97 Å². The molecule has 0 radical (unpaired) electrons. The quantitative estimate of drug-likeness (QED) is 0.742. The first kappa shape index (κ1) is 18.3. The number of carbonyl (C=O) groups is 2. The summed E-state index contributed by atoms with van der Waals surface area (Å²) in [6.07, 6.45) is 10.3. The number of carboxylic acids is 1. The normalized spacial score (nSPS) is 49.8. The SMILES string of the molecule is CC(=O)OC[C@]1(C)CCC[C@]2(C)[C@@H]1CC[C@]13C[C@@H](CC[C@H]12)[C@@H](C(=O)O)C3. The van der Waals surface area contributed by atoms with E-state index in [-0.39, 0.29) is 28.1 Å². The van der Waals surface area contributed by atoms with Crippen molar-refractivity contribution in [3.05, 3.63) is 0 Å². The summed E-state index contributed by atoms with van der Waals surface area (Å²) < 4.78 is 5.51. The van der Waals surface area contributed by atoms with Crippen LogP contribution in [-0.2, 0) is 14.3 Å². The van der Waals surface area contributed by atoms with E-state index in [1.807, 2.05) is 0 Å². The second-order valence-corrected chi connectivity index (χ2v) is 10.5. The maximum absolute atomic E-state index is 11.8. The van der Waals surface area contributed by atoms with Crippen molar-refractivity contribution >= 4 is 11.9 Å². The van der Waals surface area contributed by atoms with Gasteiger partial charge in [0, 0.05) is 12.3 Å². The molecule has 4 aliphatic carbocycles. The maximum atomic E-state index is 11.8. The van der Waals surface area contributed by atoms with Gasteiger partial charge < -0.3 is 9.84 Å². The van der Waals surface area contributed by atoms with Crippen LogP contribution in [-0.4, -0.2) is 23.7 Å². The summed E-state index contributed by atoms with van der Waals surface area (Å²) in [4.78, 5) is 23.2. The highest BCUT2D eigenvalue weighted by molar-refractivity contribution is 5.71. The first-order chi connectivity index (χ1) is 12.2. The van der Waals surface area contributed by atoms with Crippen LogP contribution in [0.2, 0.25) is 0 Å². The molecule has 7 atom stereocenters. The molecule has 26 heavy (non-hydrogen) atoms. The van der Waals surface area contributed by atoms with E-state index in [0.717, 1.165) is 25.7 Å². The lowest BCUT2D eigenvalue weighted by atomic mass is 9.41. The van der Waals surface area contributed by atoms with Gasteiger partial charge in [0.15, 0.2) is 0 Å². The molecular weight excluding hydrogens is 328 g/mol. The van der Waals surface area contributed by atoms with Gasteiger partial charge in [-0.3, -0.25) is 9.59 Å². The Morgan fingerprint density at radius 2 is 1.81 bits per heavy atom. The zero-order chi connectivity index (χ0) is 18.7. The van der Waals surface area contributed by atoms with Gasteiger partial charge in [0.05, 0.1) is 12.5 Å². The number of hydrogen-bond acceptors (Lipinski definition) is 3. The number of ether oxygens (including phenoxy) is 1. The van der Waals surface area contributed by atoms with Crippen molar-refractivity contribution in [2.24, 2.45) is 39.9 Å². The highest BCUT2D eigenvalue weighted by atomic mass is 16.5. The molecule has 0 aromatic carbocycles. The minimum absolute atomic E-state index is 0.0714. The first-order valence-electron chi connectivity index (χ1n) is 10.6. The van der Waals surface area contributed by atoms with Crippen LogP contribution in [0.1, 0.15) is 78.6 Å². The number of carbonyl (C=O) groups excluding carboxylic acids is 1. The lowest BCUT2D eigenvalue weighted by molar-refractivity contribution is -0.172. The standard InChI is InChI=1S/C22H34O4/c1-14(23)26-13-20(2)8-4-9-21(3)17(20)7-10-22-11-15(5-6-18(21)22)16(12-22)19(24)25/h15-18H,4-13H2,1-3H3,(H,24,25)/t15-,16+,17-,18+,20+,21-,22-/m1/s1. The highest BCUT2D eigenvalue weighted by Crippen LogP contribution is 2.72. The lowest BCUT2D eigenvalue weighted by Crippen LogP contribution is -2.57. The van der Waals surface area contributed by atoms with Crippen molar-refractivity contribution in [1.82, 2.24) is 0 Å². The Kier molecular flexibility index (Phi) is 4.20. The Bertz CT molecular complexity index is 615. The Labute approximate surface area is 157 Å². The van der Waals surface area contributed by atoms with Crippen LogP contribution in [0.4, 0.5) is 0 Å². The third-order valence-corrected chi connectivity index (χ3v) is 9.18. The van der Waals surface area contributed by atoms with Crippen molar-refractivity contribution < 1.29 is 19.4 Å². The number of rotatable bonds is 3. The minimum atomic E-state index is -0.567. The third-order valence-electron chi connectivity index (χ3n) is 9.18. The van der Waals surface area contributed by atoms with Crippen LogP contribution in [0, 0.1) is 39.9 Å². The van der Waals surface area contributed by atoms with E-state index >= 15 is 0 Å². The number of hydrogen-bond donors (Lipinski definition) is 1. The summed E-state index contributed by atoms with van der Waals surface area (Å²) in [6.45, 7) is 6.87. The minimum Gasteiger partial charge on any atom is -0.481 e. The van der Waals surface area contributed by atoms with E-state index in [2.05, 4.69) is 13.8 Å². The van der Waals surface area contributed by atoms with Gasteiger partial charge in [-0.05, 0) is 80.0 Å². The summed E-state index contributed by atoms with van der Waals surface area (Å²) in [6, 6.07) is 0. The zero-order valence-electron chi connectivity index (χ0n) is 16.6. The molecule has 0 saturated heterocycles. The molecular formula is C22H34O4. The van der Waals surface area contributed by atoms with Crippen molar-refractivity contribution in [2.45, 2.75) is 78.6 Å². The van der Waals surface area contributed by atoms with Crippen molar-refractivity contribution in [1.29, 1.82) is 0 Å². The molecule has 1 spiro atoms. The maximum Gasteiger partial charge on any atom is 0.306 e. The lowest BCUT2D eigenvalue weighted by Gasteiger charge is -2.64. The second-order valence-electron chi connectivity index (χ2n) is 10.5. The molecule has 1 N–H and O–H groups in total. The van der Waals surface area contributed by atoms with Gasteiger partial charge in [0.25, 0.3) is 0 Å². The van der Waals surface area contributed by atoms with Crippen LogP contribution < -0.4 is 0 Å². The molecule has 4 aliphatic rings. The summed E-state index contributed by atoms with van der Waals surface area (Å²) in [5.41, 5.74) is 0.600. The average Bonchev–Trinajstić information content (AvgIpc) is 2.84. The Hall–Kier alpha value is -1.06. The highest BCUT2D eigenvalue weighted by Gasteiger charge is 2.65. The predicted molar refractivity (Wildman–Crippen MR) is 98.4 cm³/mol. The van der Waals surface area contributed by atoms with Crippen molar-refractivity contribution in [2.75, 3.05) is 6.61 Å². The van der Waals surface area contributed by atoms with E-state index in [4.69, 9.17) is 4.74 Å². The van der Waals surface area contributed by atoms with Gasteiger partial charge in [-0.1, -0.05) is 20.3 Å². The summed E-state index contributed by atoms with van der Waals surface area (Å²) in [5, 5.41) is 9.70. The topological polar surface area (TPSA) is 63.6 Å². The van der Waals surface area contributed by atoms with E-state index in [1.54, 1.807) is 0 Å². The zero-order valence-corrected chi connectivity index (χ0v) is 16.6. The van der Waals surface area contributed by atoms with Crippen LogP contribution >= 0.6 is 0 Å². The monoisotopic (exact) mass is 362 g/mol. The summed E-state index contributed by atoms with van der Waals surface area (Å²) in [5.74, 6) is 0.774. The van der Waals surface area contributed by atoms with Crippen LogP contribution in [0.15, 0.2) is 0 Å². The fourth-order valence-electron chi connectivity index (χ4n) is 8.31. The average molecular weight is 363 g/mol. The number of esters is 1. The second kappa shape index (κ2) is 5.97. The molecule has 0 heterocycles. The van der Waals surface area contributed by atoms with E-state index in [1.165, 1.54) is 39.0 Å². The molecule has 4 fully saturated rings. The predicted octanol–water partition coefficient (Wildman–Crippen LogP) is 4.66. The van der Waals surface area contributed by atoms with Gasteiger partial charge in [0.1, 0.15) is 0 Å². The molecule has 0 aromatic rings. The molecule has 4 saturated carbocycles. The molecule has 4 rings (SSSR count). The Morgan fingerprint density at radius 3 is 2.50 bits per heavy atom. The van der Waals surface area contributed by atoms with Crippen LogP contribution in [0.5, 0.6) is 0 Å². The molecule has 4 heteroatoms. The number of aliphatic carboxylic acids is 1. The smallest absolute Gasteiger partial charge is 0.306 e. The largest absolute Gasteiger partial charge is 0.481 e. The van der Waals surface area contributed by atoms with Gasteiger partial charge in [-0.2, -0.15) is 0 Å². The fourth-order valence-corrected chi connectivity index (χ4v) is 8.31. The Morgan fingerprint density at radius 1 is 1.04 bits per heavy atom. The number of fused-ring (bicyclic) bond motifs is 3. The van der Waals surface area contributed by atoms with E-state index in [9.17, 15) is 14.7 Å². The van der Waals surface area contributed by atoms with Crippen molar-refractivity contribution in [3.8, 4) is 0 Å². The van der Waals surface area contributed by atoms with Crippen molar-refractivity contribution in [3.63, 3.8) is 0 Å². The molecule has 0 aliphatic heterocycles. The fraction of sp³-hybridized carbons (Fsp3) is 0.909. The van der Waals surface area contributed by atoms with Gasteiger partial charge in [0.2, 0.25) is 0 Å². The molecule has 4 nitrogen and oxygen atoms in total. The van der Waals surface area contributed by atoms with Gasteiger partial charge >= 0.3 is 11.9 Å². The Balaban J connectivity index is 1.63. The van der Waals surface area contributed by atoms with Gasteiger partial charge in [-0.15, -0.1) is 0 Å². The summed E-state index contributed by atoms with van der Waals surface area (Å²) in [7, 11) is 0.